The van der Waals surface area contributed by atoms with E-state index in [1.807, 2.05) is 19.1 Å². The van der Waals surface area contributed by atoms with E-state index in [0.29, 0.717) is 22.8 Å². The molecule has 0 radical (unpaired) electrons. The summed E-state index contributed by atoms with van der Waals surface area (Å²) in [6.07, 6.45) is 0.860. The predicted molar refractivity (Wildman–Crippen MR) is 71.7 cm³/mol. The van der Waals surface area contributed by atoms with Gasteiger partial charge in [0, 0.05) is 15.8 Å². The molecule has 3 nitrogen and oxygen atoms in total. The molecule has 0 aliphatic heterocycles. The molecule has 2 aromatic rings. The van der Waals surface area contributed by atoms with Gasteiger partial charge in [-0.05, 0) is 24.6 Å². The molecule has 2 rings (SSSR count). The van der Waals surface area contributed by atoms with Gasteiger partial charge in [0.25, 0.3) is 0 Å². The summed E-state index contributed by atoms with van der Waals surface area (Å²) < 4.78 is 5.59. The van der Waals surface area contributed by atoms with Crippen LogP contribution in [0.4, 0.5) is 0 Å². The standard InChI is InChI=1S/C14H13ClO3/c1-2-6-18-13-8-9(14(16)17)7-11-10(13)4-3-5-12(11)15/h3-5,7-8H,2,6H2,1H3,(H,16,17). The highest BCUT2D eigenvalue weighted by Gasteiger charge is 2.11. The third kappa shape index (κ3) is 2.41. The molecule has 0 heterocycles. The van der Waals surface area contributed by atoms with Crippen LogP contribution in [-0.2, 0) is 0 Å². The first-order valence-electron chi connectivity index (χ1n) is 5.72. The van der Waals surface area contributed by atoms with E-state index in [-0.39, 0.29) is 5.56 Å². The van der Waals surface area contributed by atoms with E-state index < -0.39 is 5.97 Å². The molecule has 4 heteroatoms. The summed E-state index contributed by atoms with van der Waals surface area (Å²) >= 11 is 6.09. The van der Waals surface area contributed by atoms with Gasteiger partial charge in [0.1, 0.15) is 5.75 Å². The molecule has 0 saturated carbocycles. The molecule has 0 fully saturated rings. The van der Waals surface area contributed by atoms with Crippen molar-refractivity contribution in [3.05, 3.63) is 40.9 Å². The van der Waals surface area contributed by atoms with Crippen molar-refractivity contribution in [2.24, 2.45) is 0 Å². The fourth-order valence-electron chi connectivity index (χ4n) is 1.77. The number of carboxylic acid groups (broad SMARTS) is 1. The van der Waals surface area contributed by atoms with E-state index in [1.54, 1.807) is 12.1 Å². The molecule has 0 aliphatic carbocycles. The van der Waals surface area contributed by atoms with Gasteiger partial charge in [0.05, 0.1) is 12.2 Å². The summed E-state index contributed by atoms with van der Waals surface area (Å²) in [5, 5.41) is 11.1. The van der Waals surface area contributed by atoms with Crippen molar-refractivity contribution in [3.63, 3.8) is 0 Å². The Kier molecular flexibility index (Phi) is 3.72. The molecular weight excluding hydrogens is 252 g/mol. The number of benzene rings is 2. The Morgan fingerprint density at radius 1 is 1.33 bits per heavy atom. The number of halogens is 1. The first-order valence-corrected chi connectivity index (χ1v) is 6.09. The number of aromatic carboxylic acids is 1. The van der Waals surface area contributed by atoms with E-state index in [0.717, 1.165) is 11.8 Å². The number of fused-ring (bicyclic) bond motifs is 1. The van der Waals surface area contributed by atoms with Gasteiger partial charge in [0.2, 0.25) is 0 Å². The van der Waals surface area contributed by atoms with Crippen molar-refractivity contribution in [2.45, 2.75) is 13.3 Å². The lowest BCUT2D eigenvalue weighted by Gasteiger charge is -2.10. The third-order valence-corrected chi connectivity index (χ3v) is 2.94. The summed E-state index contributed by atoms with van der Waals surface area (Å²) in [5.41, 5.74) is 0.182. The van der Waals surface area contributed by atoms with Crippen LogP contribution >= 0.6 is 11.6 Å². The number of rotatable bonds is 4. The summed E-state index contributed by atoms with van der Waals surface area (Å²) in [6, 6.07) is 8.54. The molecule has 0 aliphatic rings. The Labute approximate surface area is 110 Å². The minimum absolute atomic E-state index is 0.182. The normalized spacial score (nSPS) is 10.6. The molecule has 0 aromatic heterocycles. The largest absolute Gasteiger partial charge is 0.493 e. The summed E-state index contributed by atoms with van der Waals surface area (Å²) in [6.45, 7) is 2.54. The lowest BCUT2D eigenvalue weighted by molar-refractivity contribution is 0.0696. The van der Waals surface area contributed by atoms with Gasteiger partial charge in [-0.2, -0.15) is 0 Å². The summed E-state index contributed by atoms with van der Waals surface area (Å²) in [4.78, 5) is 11.1. The Morgan fingerprint density at radius 2 is 2.11 bits per heavy atom. The first-order chi connectivity index (χ1) is 8.63. The first kappa shape index (κ1) is 12.7. The number of hydrogen-bond donors (Lipinski definition) is 1. The second-order valence-electron chi connectivity index (χ2n) is 3.96. The fraction of sp³-hybridized carbons (Fsp3) is 0.214. The quantitative estimate of drug-likeness (QED) is 0.908. The number of carbonyl (C=O) groups is 1. The molecule has 18 heavy (non-hydrogen) atoms. The van der Waals surface area contributed by atoms with E-state index in [4.69, 9.17) is 21.4 Å². The molecule has 0 saturated heterocycles. The highest BCUT2D eigenvalue weighted by atomic mass is 35.5. The molecular formula is C14H13ClO3. The molecule has 0 amide bonds. The second kappa shape index (κ2) is 5.27. The Balaban J connectivity index is 2.65. The molecule has 94 valence electrons. The van der Waals surface area contributed by atoms with Crippen LogP contribution in [0, 0.1) is 0 Å². The molecule has 0 bridgehead atoms. The van der Waals surface area contributed by atoms with Crippen LogP contribution in [0.5, 0.6) is 5.75 Å². The van der Waals surface area contributed by atoms with Gasteiger partial charge in [0.15, 0.2) is 0 Å². The predicted octanol–water partition coefficient (Wildman–Crippen LogP) is 3.98. The smallest absolute Gasteiger partial charge is 0.335 e. The van der Waals surface area contributed by atoms with Gasteiger partial charge >= 0.3 is 5.97 Å². The van der Waals surface area contributed by atoms with Crippen molar-refractivity contribution >= 4 is 28.3 Å². The van der Waals surface area contributed by atoms with Crippen molar-refractivity contribution in [3.8, 4) is 5.75 Å². The zero-order chi connectivity index (χ0) is 13.1. The Morgan fingerprint density at radius 3 is 2.78 bits per heavy atom. The minimum Gasteiger partial charge on any atom is -0.493 e. The van der Waals surface area contributed by atoms with Crippen LogP contribution in [0.25, 0.3) is 10.8 Å². The van der Waals surface area contributed by atoms with E-state index >= 15 is 0 Å². The third-order valence-electron chi connectivity index (χ3n) is 2.61. The Hall–Kier alpha value is -1.74. The van der Waals surface area contributed by atoms with Gasteiger partial charge in [-0.25, -0.2) is 4.79 Å². The lowest BCUT2D eigenvalue weighted by atomic mass is 10.1. The maximum absolute atomic E-state index is 11.1. The molecule has 1 N–H and O–H groups in total. The number of carboxylic acids is 1. The van der Waals surface area contributed by atoms with E-state index in [1.165, 1.54) is 6.07 Å². The van der Waals surface area contributed by atoms with Gasteiger partial charge < -0.3 is 9.84 Å². The molecule has 2 aromatic carbocycles. The van der Waals surface area contributed by atoms with Crippen molar-refractivity contribution < 1.29 is 14.6 Å². The highest BCUT2D eigenvalue weighted by Crippen LogP contribution is 2.32. The van der Waals surface area contributed by atoms with Crippen LogP contribution in [-0.4, -0.2) is 17.7 Å². The van der Waals surface area contributed by atoms with Gasteiger partial charge in [-0.15, -0.1) is 0 Å². The van der Waals surface area contributed by atoms with Crippen molar-refractivity contribution in [2.75, 3.05) is 6.61 Å². The Bertz CT molecular complexity index is 593. The van der Waals surface area contributed by atoms with Crippen LogP contribution in [0.2, 0.25) is 5.02 Å². The summed E-state index contributed by atoms with van der Waals surface area (Å²) in [7, 11) is 0. The SMILES string of the molecule is CCCOc1cc(C(=O)O)cc2c(Cl)cccc12. The second-order valence-corrected chi connectivity index (χ2v) is 4.37. The van der Waals surface area contributed by atoms with E-state index in [2.05, 4.69) is 0 Å². The molecule has 0 unspecified atom stereocenters. The maximum Gasteiger partial charge on any atom is 0.335 e. The van der Waals surface area contributed by atoms with Crippen molar-refractivity contribution in [1.29, 1.82) is 0 Å². The highest BCUT2D eigenvalue weighted by molar-refractivity contribution is 6.35. The van der Waals surface area contributed by atoms with Crippen LogP contribution in [0.3, 0.4) is 0 Å². The van der Waals surface area contributed by atoms with E-state index in [9.17, 15) is 4.79 Å². The van der Waals surface area contributed by atoms with Crippen LogP contribution in [0.1, 0.15) is 23.7 Å². The summed E-state index contributed by atoms with van der Waals surface area (Å²) in [5.74, 6) is -0.424. The molecule has 0 atom stereocenters. The van der Waals surface area contributed by atoms with Crippen LogP contribution < -0.4 is 4.74 Å². The average molecular weight is 265 g/mol. The average Bonchev–Trinajstić information content (AvgIpc) is 2.36. The number of ether oxygens (including phenoxy) is 1. The van der Waals surface area contributed by atoms with Crippen molar-refractivity contribution in [1.82, 2.24) is 0 Å². The topological polar surface area (TPSA) is 46.5 Å². The lowest BCUT2D eigenvalue weighted by Crippen LogP contribution is -2.00. The number of hydrogen-bond acceptors (Lipinski definition) is 2. The van der Waals surface area contributed by atoms with Crippen LogP contribution in [0.15, 0.2) is 30.3 Å². The minimum atomic E-state index is -0.988. The maximum atomic E-state index is 11.1. The zero-order valence-electron chi connectivity index (χ0n) is 9.94. The monoisotopic (exact) mass is 264 g/mol. The zero-order valence-corrected chi connectivity index (χ0v) is 10.7. The van der Waals surface area contributed by atoms with Gasteiger partial charge in [-0.3, -0.25) is 0 Å². The molecule has 0 spiro atoms. The van der Waals surface area contributed by atoms with Gasteiger partial charge in [-0.1, -0.05) is 30.7 Å². The fourth-order valence-corrected chi connectivity index (χ4v) is 2.00.